The summed E-state index contributed by atoms with van der Waals surface area (Å²) in [4.78, 5) is 12.0. The fourth-order valence-electron chi connectivity index (χ4n) is 2.43. The minimum atomic E-state index is -3.22. The Morgan fingerprint density at radius 3 is 2.77 bits per heavy atom. The highest BCUT2D eigenvalue weighted by Gasteiger charge is 2.26. The zero-order valence-corrected chi connectivity index (χ0v) is 14.2. The maximum atomic E-state index is 12.0. The molecule has 0 unspecified atom stereocenters. The van der Waals surface area contributed by atoms with Crippen molar-refractivity contribution in [1.82, 2.24) is 9.62 Å². The molecule has 2 amide bonds. The van der Waals surface area contributed by atoms with Crippen molar-refractivity contribution in [2.45, 2.75) is 25.8 Å². The fourth-order valence-corrected chi connectivity index (χ4v) is 3.62. The zero-order valence-electron chi connectivity index (χ0n) is 12.6. The van der Waals surface area contributed by atoms with Crippen LogP contribution in [0.15, 0.2) is 18.2 Å². The lowest BCUT2D eigenvalue weighted by atomic mass is 10.1. The molecule has 0 spiro atoms. The Hall–Kier alpha value is -1.31. The van der Waals surface area contributed by atoms with Gasteiger partial charge < -0.3 is 10.6 Å². The number of aryl methyl sites for hydroxylation is 1. The summed E-state index contributed by atoms with van der Waals surface area (Å²) in [6, 6.07) is 4.77. The lowest BCUT2D eigenvalue weighted by molar-refractivity contribution is 0.236. The van der Waals surface area contributed by atoms with Crippen LogP contribution in [0.2, 0.25) is 5.02 Å². The van der Waals surface area contributed by atoms with Gasteiger partial charge in [-0.05, 0) is 37.5 Å². The molecular weight excluding hydrogens is 326 g/mol. The number of nitrogens with one attached hydrogen (secondary N) is 2. The highest BCUT2D eigenvalue weighted by Crippen LogP contribution is 2.22. The largest absolute Gasteiger partial charge is 0.334 e. The Kier molecular flexibility index (Phi) is 5.31. The normalized spacial score (nSPS) is 19.7. The first kappa shape index (κ1) is 17.1. The van der Waals surface area contributed by atoms with E-state index < -0.39 is 10.0 Å². The number of benzene rings is 1. The molecule has 1 aliphatic rings. The summed E-state index contributed by atoms with van der Waals surface area (Å²) in [7, 11) is -3.22. The molecule has 1 saturated heterocycles. The highest BCUT2D eigenvalue weighted by molar-refractivity contribution is 7.88. The van der Waals surface area contributed by atoms with E-state index in [1.54, 1.807) is 12.1 Å². The third-order valence-electron chi connectivity index (χ3n) is 3.56. The summed E-state index contributed by atoms with van der Waals surface area (Å²) in [5, 5.41) is 5.95. The lowest BCUT2D eigenvalue weighted by Crippen LogP contribution is -2.50. The van der Waals surface area contributed by atoms with Gasteiger partial charge in [-0.2, -0.15) is 0 Å². The molecule has 1 heterocycles. The summed E-state index contributed by atoms with van der Waals surface area (Å²) >= 11 is 6.07. The maximum Gasteiger partial charge on any atom is 0.319 e. The molecule has 0 radical (unpaired) electrons. The van der Waals surface area contributed by atoms with Crippen LogP contribution in [0.1, 0.15) is 18.4 Å². The van der Waals surface area contributed by atoms with Crippen molar-refractivity contribution >= 4 is 33.3 Å². The molecule has 122 valence electrons. The predicted octanol–water partition coefficient (Wildman–Crippen LogP) is 2.19. The van der Waals surface area contributed by atoms with Gasteiger partial charge in [0.15, 0.2) is 0 Å². The Bertz CT molecular complexity index is 663. The number of amides is 2. The van der Waals surface area contributed by atoms with Gasteiger partial charge in [0, 0.05) is 19.1 Å². The number of rotatable bonds is 3. The van der Waals surface area contributed by atoms with Crippen molar-refractivity contribution in [1.29, 1.82) is 0 Å². The molecule has 1 aromatic rings. The summed E-state index contributed by atoms with van der Waals surface area (Å²) in [5.41, 5.74) is 1.53. The number of nitrogens with zero attached hydrogens (tertiary/aromatic N) is 1. The van der Waals surface area contributed by atoms with Gasteiger partial charge in [0.05, 0.1) is 17.0 Å². The van der Waals surface area contributed by atoms with Crippen molar-refractivity contribution in [3.8, 4) is 0 Å². The van der Waals surface area contributed by atoms with Gasteiger partial charge in [0.2, 0.25) is 10.0 Å². The van der Waals surface area contributed by atoms with E-state index in [1.165, 1.54) is 10.6 Å². The molecule has 0 bridgehead atoms. The summed E-state index contributed by atoms with van der Waals surface area (Å²) in [5.74, 6) is 0. The SMILES string of the molecule is Cc1ccc(NC(=O)N[C@H]2CCCN(S(C)(=O)=O)C2)c(Cl)c1. The summed E-state index contributed by atoms with van der Waals surface area (Å²) in [6.07, 6.45) is 2.66. The van der Waals surface area contributed by atoms with E-state index in [4.69, 9.17) is 11.6 Å². The average molecular weight is 346 g/mol. The molecule has 2 N–H and O–H groups in total. The number of carbonyl (C=O) groups is 1. The van der Waals surface area contributed by atoms with Crippen molar-refractivity contribution in [2.75, 3.05) is 24.7 Å². The first-order valence-corrected chi connectivity index (χ1v) is 9.27. The van der Waals surface area contributed by atoms with Crippen LogP contribution in [0.5, 0.6) is 0 Å². The van der Waals surface area contributed by atoms with E-state index in [0.717, 1.165) is 18.4 Å². The molecule has 0 aromatic heterocycles. The Labute approximate surface area is 135 Å². The molecule has 1 fully saturated rings. The summed E-state index contributed by atoms with van der Waals surface area (Å²) < 4.78 is 24.5. The Balaban J connectivity index is 1.94. The fraction of sp³-hybridized carbons (Fsp3) is 0.500. The molecule has 0 aliphatic carbocycles. The lowest BCUT2D eigenvalue weighted by Gasteiger charge is -2.31. The second-order valence-corrected chi connectivity index (χ2v) is 7.93. The van der Waals surface area contributed by atoms with Crippen LogP contribution in [0.3, 0.4) is 0 Å². The van der Waals surface area contributed by atoms with Crippen LogP contribution in [0.25, 0.3) is 0 Å². The number of halogens is 1. The van der Waals surface area contributed by atoms with Crippen molar-refractivity contribution in [3.05, 3.63) is 28.8 Å². The molecule has 8 heteroatoms. The molecule has 0 saturated carbocycles. The van der Waals surface area contributed by atoms with E-state index >= 15 is 0 Å². The van der Waals surface area contributed by atoms with Crippen molar-refractivity contribution in [3.63, 3.8) is 0 Å². The van der Waals surface area contributed by atoms with Gasteiger partial charge in [0.25, 0.3) is 0 Å². The van der Waals surface area contributed by atoms with E-state index in [2.05, 4.69) is 10.6 Å². The Morgan fingerprint density at radius 1 is 1.41 bits per heavy atom. The monoisotopic (exact) mass is 345 g/mol. The van der Waals surface area contributed by atoms with Gasteiger partial charge >= 0.3 is 6.03 Å². The predicted molar refractivity (Wildman–Crippen MR) is 87.8 cm³/mol. The number of hydrogen-bond acceptors (Lipinski definition) is 3. The number of hydrogen-bond donors (Lipinski definition) is 2. The molecular formula is C14H20ClN3O3S. The van der Waals surface area contributed by atoms with Crippen molar-refractivity contribution in [2.24, 2.45) is 0 Å². The van der Waals surface area contributed by atoms with Crippen LogP contribution >= 0.6 is 11.6 Å². The number of urea groups is 1. The van der Waals surface area contributed by atoms with Gasteiger partial charge in [0.1, 0.15) is 0 Å². The van der Waals surface area contributed by atoms with Crippen LogP contribution in [0, 0.1) is 6.92 Å². The second kappa shape index (κ2) is 6.85. The molecule has 1 atom stereocenters. The van der Waals surface area contributed by atoms with Crippen LogP contribution < -0.4 is 10.6 Å². The van der Waals surface area contributed by atoms with Gasteiger partial charge in [-0.25, -0.2) is 17.5 Å². The van der Waals surface area contributed by atoms with Gasteiger partial charge in [-0.15, -0.1) is 0 Å². The van der Waals surface area contributed by atoms with E-state index in [9.17, 15) is 13.2 Å². The van der Waals surface area contributed by atoms with Gasteiger partial charge in [-0.3, -0.25) is 0 Å². The number of carbonyl (C=O) groups excluding carboxylic acids is 1. The second-order valence-electron chi connectivity index (χ2n) is 5.54. The molecule has 1 aromatic carbocycles. The summed E-state index contributed by atoms with van der Waals surface area (Å²) in [6.45, 7) is 2.72. The first-order valence-electron chi connectivity index (χ1n) is 7.04. The number of piperidine rings is 1. The van der Waals surface area contributed by atoms with Gasteiger partial charge in [-0.1, -0.05) is 17.7 Å². The standard InChI is InChI=1S/C14H20ClN3O3S/c1-10-5-6-13(12(15)8-10)17-14(19)16-11-4-3-7-18(9-11)22(2,20)21/h5-6,8,11H,3-4,7,9H2,1-2H3,(H2,16,17,19)/t11-/m0/s1. The third kappa shape index (κ3) is 4.59. The highest BCUT2D eigenvalue weighted by atomic mass is 35.5. The van der Waals surface area contributed by atoms with Crippen LogP contribution in [-0.4, -0.2) is 44.1 Å². The maximum absolute atomic E-state index is 12.0. The minimum absolute atomic E-state index is 0.201. The van der Waals surface area contributed by atoms with Crippen LogP contribution in [-0.2, 0) is 10.0 Å². The van der Waals surface area contributed by atoms with Crippen molar-refractivity contribution < 1.29 is 13.2 Å². The number of sulfonamides is 1. The minimum Gasteiger partial charge on any atom is -0.334 e. The molecule has 22 heavy (non-hydrogen) atoms. The quantitative estimate of drug-likeness (QED) is 0.881. The first-order chi connectivity index (χ1) is 10.3. The zero-order chi connectivity index (χ0) is 16.3. The Morgan fingerprint density at radius 2 is 2.14 bits per heavy atom. The van der Waals surface area contributed by atoms with Crippen LogP contribution in [0.4, 0.5) is 10.5 Å². The smallest absolute Gasteiger partial charge is 0.319 e. The van der Waals surface area contributed by atoms with E-state index in [-0.39, 0.29) is 12.1 Å². The third-order valence-corrected chi connectivity index (χ3v) is 5.14. The molecule has 1 aliphatic heterocycles. The molecule has 2 rings (SSSR count). The molecule has 6 nitrogen and oxygen atoms in total. The topological polar surface area (TPSA) is 78.5 Å². The average Bonchev–Trinajstić information content (AvgIpc) is 2.41. The van der Waals surface area contributed by atoms with E-state index in [1.807, 2.05) is 13.0 Å². The number of anilines is 1. The van der Waals surface area contributed by atoms with E-state index in [0.29, 0.717) is 23.8 Å².